The lowest BCUT2D eigenvalue weighted by Gasteiger charge is -2.11. The number of halogens is 1. The highest BCUT2D eigenvalue weighted by Gasteiger charge is 2.01. The molecule has 1 aromatic heterocycles. The van der Waals surface area contributed by atoms with Gasteiger partial charge in [-0.05, 0) is 37.5 Å². The van der Waals surface area contributed by atoms with Gasteiger partial charge >= 0.3 is 0 Å². The first-order chi connectivity index (χ1) is 10.2. The van der Waals surface area contributed by atoms with Crippen LogP contribution in [0.3, 0.4) is 0 Å². The van der Waals surface area contributed by atoms with Crippen molar-refractivity contribution in [2.45, 2.75) is 32.7 Å². The summed E-state index contributed by atoms with van der Waals surface area (Å²) in [6.07, 6.45) is 5.76. The zero-order valence-electron chi connectivity index (χ0n) is 13.1. The molecule has 1 atom stereocenters. The lowest BCUT2D eigenvalue weighted by Crippen LogP contribution is -2.38. The molecule has 2 aromatic rings. The first-order valence-corrected chi connectivity index (χ1v) is 7.34. The number of benzene rings is 1. The van der Waals surface area contributed by atoms with Gasteiger partial charge in [-0.15, -0.1) is 24.0 Å². The Labute approximate surface area is 149 Å². The molecule has 120 valence electrons. The van der Waals surface area contributed by atoms with Crippen LogP contribution in [0.15, 0.2) is 47.7 Å². The Morgan fingerprint density at radius 3 is 2.77 bits per heavy atom. The van der Waals surface area contributed by atoms with E-state index >= 15 is 0 Å². The van der Waals surface area contributed by atoms with E-state index in [0.717, 1.165) is 24.1 Å². The summed E-state index contributed by atoms with van der Waals surface area (Å²) in [6.45, 7) is 4.87. The van der Waals surface area contributed by atoms with Crippen molar-refractivity contribution in [1.82, 2.24) is 15.1 Å². The number of para-hydroxylation sites is 1. The van der Waals surface area contributed by atoms with Crippen LogP contribution in [-0.2, 0) is 6.42 Å². The van der Waals surface area contributed by atoms with Crippen molar-refractivity contribution in [2.24, 2.45) is 10.7 Å². The molecule has 22 heavy (non-hydrogen) atoms. The number of nitrogens with one attached hydrogen (secondary N) is 1. The predicted octanol–water partition coefficient (Wildman–Crippen LogP) is 2.74. The highest BCUT2D eigenvalue weighted by atomic mass is 127. The van der Waals surface area contributed by atoms with Gasteiger partial charge in [0.15, 0.2) is 5.96 Å². The van der Waals surface area contributed by atoms with E-state index in [1.165, 1.54) is 0 Å². The minimum atomic E-state index is 0. The second-order valence-electron chi connectivity index (χ2n) is 5.10. The summed E-state index contributed by atoms with van der Waals surface area (Å²) in [4.78, 5) is 4.34. The molecule has 3 N–H and O–H groups in total. The van der Waals surface area contributed by atoms with Gasteiger partial charge in [-0.25, -0.2) is 4.68 Å². The summed E-state index contributed by atoms with van der Waals surface area (Å²) >= 11 is 0. The average Bonchev–Trinajstić information content (AvgIpc) is 2.97. The first-order valence-electron chi connectivity index (χ1n) is 7.34. The molecule has 0 fully saturated rings. The molecule has 2 rings (SSSR count). The Morgan fingerprint density at radius 2 is 2.09 bits per heavy atom. The summed E-state index contributed by atoms with van der Waals surface area (Å²) in [5.41, 5.74) is 8.04. The molecule has 0 saturated heterocycles. The second-order valence-corrected chi connectivity index (χ2v) is 5.10. The molecular weight excluding hydrogens is 389 g/mol. The van der Waals surface area contributed by atoms with E-state index in [2.05, 4.69) is 29.3 Å². The molecule has 0 aliphatic carbocycles. The van der Waals surface area contributed by atoms with Crippen LogP contribution in [-0.4, -0.2) is 28.3 Å². The van der Waals surface area contributed by atoms with E-state index in [1.807, 2.05) is 47.4 Å². The summed E-state index contributed by atoms with van der Waals surface area (Å²) in [6, 6.07) is 10.4. The van der Waals surface area contributed by atoms with E-state index in [9.17, 15) is 0 Å². The molecule has 0 bridgehead atoms. The van der Waals surface area contributed by atoms with Crippen molar-refractivity contribution in [1.29, 1.82) is 0 Å². The monoisotopic (exact) mass is 413 g/mol. The van der Waals surface area contributed by atoms with Crippen LogP contribution in [0, 0.1) is 0 Å². The third-order valence-corrected chi connectivity index (χ3v) is 3.35. The van der Waals surface area contributed by atoms with Crippen molar-refractivity contribution >= 4 is 29.9 Å². The van der Waals surface area contributed by atoms with Gasteiger partial charge in [0, 0.05) is 18.8 Å². The molecule has 0 spiro atoms. The molecule has 1 heterocycles. The van der Waals surface area contributed by atoms with E-state index in [4.69, 9.17) is 5.73 Å². The fourth-order valence-electron chi connectivity index (χ4n) is 1.92. The second kappa shape index (κ2) is 9.45. The molecule has 1 aromatic carbocycles. The molecule has 0 saturated carbocycles. The minimum absolute atomic E-state index is 0. The van der Waals surface area contributed by atoms with Crippen LogP contribution < -0.4 is 11.1 Å². The quantitative estimate of drug-likeness (QED) is 0.435. The number of aliphatic imine (C=N–C) groups is 1. The van der Waals surface area contributed by atoms with Crippen molar-refractivity contribution in [3.05, 3.63) is 48.3 Å². The SMILES string of the molecule is CCC(C)NC(N)=NCCc1cnn(-c2ccccc2)c1.I. The number of nitrogens with two attached hydrogens (primary N) is 1. The first kappa shape index (κ1) is 18.5. The van der Waals surface area contributed by atoms with Gasteiger partial charge in [-0.2, -0.15) is 5.10 Å². The normalized spacial score (nSPS) is 12.5. The standard InChI is InChI=1S/C16H23N5.HI/c1-3-13(2)20-16(17)18-10-9-14-11-19-21(12-14)15-7-5-4-6-8-15;/h4-8,11-13H,3,9-10H2,1-2H3,(H3,17,18,20);1H. The predicted molar refractivity (Wildman–Crippen MR) is 102 cm³/mol. The maximum absolute atomic E-state index is 5.83. The number of hydrogen-bond acceptors (Lipinski definition) is 2. The van der Waals surface area contributed by atoms with Gasteiger partial charge in [0.1, 0.15) is 0 Å². The van der Waals surface area contributed by atoms with Crippen LogP contribution in [0.1, 0.15) is 25.8 Å². The number of guanidine groups is 1. The Hall–Kier alpha value is -1.57. The van der Waals surface area contributed by atoms with Gasteiger partial charge in [0.05, 0.1) is 11.9 Å². The Morgan fingerprint density at radius 1 is 1.36 bits per heavy atom. The fourth-order valence-corrected chi connectivity index (χ4v) is 1.92. The van der Waals surface area contributed by atoms with Gasteiger partial charge < -0.3 is 11.1 Å². The van der Waals surface area contributed by atoms with Crippen LogP contribution >= 0.6 is 24.0 Å². The van der Waals surface area contributed by atoms with Crippen LogP contribution in [0.2, 0.25) is 0 Å². The van der Waals surface area contributed by atoms with Crippen LogP contribution in [0.4, 0.5) is 0 Å². The highest BCUT2D eigenvalue weighted by molar-refractivity contribution is 14.0. The number of rotatable bonds is 6. The summed E-state index contributed by atoms with van der Waals surface area (Å²) in [5, 5.41) is 7.52. The number of hydrogen-bond donors (Lipinski definition) is 2. The van der Waals surface area contributed by atoms with Gasteiger partial charge in [-0.1, -0.05) is 25.1 Å². The molecule has 0 radical (unpaired) electrons. The average molecular weight is 413 g/mol. The zero-order chi connectivity index (χ0) is 15.1. The highest BCUT2D eigenvalue weighted by Crippen LogP contribution is 2.08. The molecule has 5 nitrogen and oxygen atoms in total. The largest absolute Gasteiger partial charge is 0.370 e. The van der Waals surface area contributed by atoms with Crippen molar-refractivity contribution in [3.8, 4) is 5.69 Å². The molecule has 0 aliphatic rings. The summed E-state index contributed by atoms with van der Waals surface area (Å²) in [5.74, 6) is 0.514. The topological polar surface area (TPSA) is 68.2 Å². The van der Waals surface area contributed by atoms with Gasteiger partial charge in [0.2, 0.25) is 0 Å². The smallest absolute Gasteiger partial charge is 0.188 e. The van der Waals surface area contributed by atoms with Crippen molar-refractivity contribution < 1.29 is 0 Å². The van der Waals surface area contributed by atoms with Crippen LogP contribution in [0.25, 0.3) is 5.69 Å². The Bertz CT molecular complexity index is 579. The van der Waals surface area contributed by atoms with Gasteiger partial charge in [-0.3, -0.25) is 4.99 Å². The van der Waals surface area contributed by atoms with E-state index < -0.39 is 0 Å². The lowest BCUT2D eigenvalue weighted by atomic mass is 10.2. The van der Waals surface area contributed by atoms with E-state index in [-0.39, 0.29) is 24.0 Å². The molecule has 1 unspecified atom stereocenters. The summed E-state index contributed by atoms with van der Waals surface area (Å²) in [7, 11) is 0. The molecular formula is C16H24IN5. The van der Waals surface area contributed by atoms with Gasteiger partial charge in [0.25, 0.3) is 0 Å². The number of aromatic nitrogens is 2. The van der Waals surface area contributed by atoms with E-state index in [0.29, 0.717) is 18.5 Å². The summed E-state index contributed by atoms with van der Waals surface area (Å²) < 4.78 is 1.87. The molecule has 6 heteroatoms. The molecule has 0 amide bonds. The Kier molecular flexibility index (Phi) is 7.94. The maximum atomic E-state index is 5.83. The van der Waals surface area contributed by atoms with Crippen molar-refractivity contribution in [2.75, 3.05) is 6.54 Å². The third-order valence-electron chi connectivity index (χ3n) is 3.35. The minimum Gasteiger partial charge on any atom is -0.370 e. The van der Waals surface area contributed by atoms with E-state index in [1.54, 1.807) is 0 Å². The van der Waals surface area contributed by atoms with Crippen LogP contribution in [0.5, 0.6) is 0 Å². The number of nitrogens with zero attached hydrogens (tertiary/aromatic N) is 3. The third kappa shape index (κ3) is 5.67. The molecule has 0 aliphatic heterocycles. The zero-order valence-corrected chi connectivity index (χ0v) is 15.4. The fraction of sp³-hybridized carbons (Fsp3) is 0.375. The lowest BCUT2D eigenvalue weighted by molar-refractivity contribution is 0.636. The maximum Gasteiger partial charge on any atom is 0.188 e. The van der Waals surface area contributed by atoms with Crippen molar-refractivity contribution in [3.63, 3.8) is 0 Å². The Balaban J connectivity index is 0.00000242.